The predicted molar refractivity (Wildman–Crippen MR) is 167 cm³/mol. The Morgan fingerprint density at radius 1 is 1.02 bits per heavy atom. The lowest BCUT2D eigenvalue weighted by Crippen LogP contribution is -2.42. The normalized spacial score (nSPS) is 25.2. The van der Waals surface area contributed by atoms with Gasteiger partial charge in [0, 0.05) is 37.2 Å². The topological polar surface area (TPSA) is 121 Å². The Morgan fingerprint density at radius 2 is 1.77 bits per heavy atom. The van der Waals surface area contributed by atoms with E-state index < -0.39 is 52.0 Å². The fraction of sp³-hybridized carbons (Fsp3) is 0.618. The zero-order chi connectivity index (χ0) is 33.4. The number of aliphatic hydroxyl groups is 1. The molecule has 5 atom stereocenters. The number of aliphatic hydroxyl groups excluding tert-OH is 1. The van der Waals surface area contributed by atoms with Crippen LogP contribution in [0.5, 0.6) is 5.75 Å². The molecule has 3 aliphatic rings. The van der Waals surface area contributed by atoms with Crippen molar-refractivity contribution in [3.8, 4) is 5.75 Å². The number of carbonyl (C=O) groups is 1. The number of benzene rings is 2. The zero-order valence-corrected chi connectivity index (χ0v) is 27.6. The van der Waals surface area contributed by atoms with Crippen LogP contribution in [0.3, 0.4) is 0 Å². The lowest BCUT2D eigenvalue weighted by molar-refractivity contribution is -0.153. The molecule has 0 spiro atoms. The highest BCUT2D eigenvalue weighted by molar-refractivity contribution is 7.89. The molecule has 2 aromatic carbocycles. The first-order chi connectivity index (χ1) is 22.6. The molecule has 0 bridgehead atoms. The van der Waals surface area contributed by atoms with Crippen LogP contribution >= 0.6 is 0 Å². The number of sulfonamides is 1. The summed E-state index contributed by atoms with van der Waals surface area (Å²) in [6.07, 6.45) is 3.17. The quantitative estimate of drug-likeness (QED) is 0.374. The summed E-state index contributed by atoms with van der Waals surface area (Å²) in [4.78, 5) is 13.3. The number of halogens is 2. The fourth-order valence-corrected chi connectivity index (χ4v) is 8.28. The SMILES string of the molecule is COc1ccc2c(c1)COCCCCCCCCN(C[C@@H](O)[C@@H](CC(=O)O[C@@H]1CO[C@H]3OCC[C@H]31)Cc1cc(F)cc(F)c1)S2(=O)=O. The number of hydrogen-bond donors (Lipinski definition) is 1. The van der Waals surface area contributed by atoms with Crippen LogP contribution in [0, 0.1) is 23.5 Å². The molecule has 5 rings (SSSR count). The van der Waals surface area contributed by atoms with Gasteiger partial charge >= 0.3 is 5.97 Å². The lowest BCUT2D eigenvalue weighted by Gasteiger charge is -2.30. The number of rotatable bonds is 9. The summed E-state index contributed by atoms with van der Waals surface area (Å²) in [5.41, 5.74) is 0.663. The van der Waals surface area contributed by atoms with Crippen molar-refractivity contribution in [1.29, 1.82) is 0 Å². The van der Waals surface area contributed by atoms with E-state index in [1.54, 1.807) is 12.1 Å². The highest BCUT2D eigenvalue weighted by atomic mass is 32.2. The standard InChI is InChI=1S/C34H45F2NO9S/c1-42-28-8-9-32-25(17-28)21-43-12-7-5-3-2-4-6-11-37(47(32,40)41)20-30(38)24(14-23-15-26(35)19-27(36)16-23)18-33(39)46-31-22-45-34-29(31)10-13-44-34/h8-9,15-17,19,24,29-31,34,38H,2-7,10-14,18,20-22H2,1H3/t24-,29+,30-,31-,34-/m1/s1. The molecule has 10 nitrogen and oxygen atoms in total. The maximum atomic E-state index is 14.3. The lowest BCUT2D eigenvalue weighted by atomic mass is 9.90. The molecule has 13 heteroatoms. The van der Waals surface area contributed by atoms with Gasteiger partial charge in [0.2, 0.25) is 10.0 Å². The van der Waals surface area contributed by atoms with Crippen molar-refractivity contribution in [2.45, 2.75) is 87.8 Å². The van der Waals surface area contributed by atoms with Gasteiger partial charge in [0.05, 0.1) is 50.3 Å². The zero-order valence-electron chi connectivity index (χ0n) is 26.8. The molecule has 2 aromatic rings. The monoisotopic (exact) mass is 681 g/mol. The van der Waals surface area contributed by atoms with Gasteiger partial charge < -0.3 is 28.8 Å². The number of fused-ring (bicyclic) bond motifs is 2. The summed E-state index contributed by atoms with van der Waals surface area (Å²) < 4.78 is 86.1. The van der Waals surface area contributed by atoms with Gasteiger partial charge in [-0.2, -0.15) is 4.31 Å². The Kier molecular flexibility index (Phi) is 12.6. The first-order valence-corrected chi connectivity index (χ1v) is 17.9. The number of hydrogen-bond acceptors (Lipinski definition) is 9. The predicted octanol–water partition coefficient (Wildman–Crippen LogP) is 4.75. The molecular formula is C34H45F2NO9S. The van der Waals surface area contributed by atoms with Crippen molar-refractivity contribution < 1.29 is 50.8 Å². The minimum absolute atomic E-state index is 0.0419. The molecule has 47 heavy (non-hydrogen) atoms. The Labute approximate surface area is 275 Å². The van der Waals surface area contributed by atoms with Crippen molar-refractivity contribution in [3.05, 3.63) is 59.2 Å². The molecule has 1 N–H and O–H groups in total. The van der Waals surface area contributed by atoms with E-state index in [1.807, 2.05) is 0 Å². The van der Waals surface area contributed by atoms with Crippen LogP contribution in [0.2, 0.25) is 0 Å². The number of nitrogens with zero attached hydrogens (tertiary/aromatic N) is 1. The molecule has 2 saturated heterocycles. The molecule has 0 radical (unpaired) electrons. The highest BCUT2D eigenvalue weighted by Gasteiger charge is 2.44. The van der Waals surface area contributed by atoms with Crippen LogP contribution in [-0.2, 0) is 46.8 Å². The molecule has 3 heterocycles. The Hall–Kier alpha value is -2.68. The maximum Gasteiger partial charge on any atom is 0.306 e. The van der Waals surface area contributed by atoms with E-state index in [9.17, 15) is 27.1 Å². The van der Waals surface area contributed by atoms with E-state index in [4.69, 9.17) is 23.7 Å². The summed E-state index contributed by atoms with van der Waals surface area (Å²) in [5, 5.41) is 11.7. The second-order valence-electron chi connectivity index (χ2n) is 12.6. The van der Waals surface area contributed by atoms with Gasteiger partial charge in [-0.15, -0.1) is 0 Å². The molecule has 0 aromatic heterocycles. The number of methoxy groups -OCH3 is 1. The van der Waals surface area contributed by atoms with Gasteiger partial charge in [-0.05, 0) is 61.6 Å². The van der Waals surface area contributed by atoms with E-state index in [-0.39, 0.29) is 55.5 Å². The van der Waals surface area contributed by atoms with Crippen LogP contribution < -0.4 is 4.74 Å². The first kappa shape index (κ1) is 35.6. The van der Waals surface area contributed by atoms with Crippen molar-refractivity contribution in [3.63, 3.8) is 0 Å². The van der Waals surface area contributed by atoms with Crippen LogP contribution in [-0.4, -0.2) is 82.3 Å². The van der Waals surface area contributed by atoms with Crippen LogP contribution in [0.4, 0.5) is 8.78 Å². The van der Waals surface area contributed by atoms with Gasteiger partial charge in [-0.1, -0.05) is 25.7 Å². The Balaban J connectivity index is 1.40. The minimum Gasteiger partial charge on any atom is -0.497 e. The summed E-state index contributed by atoms with van der Waals surface area (Å²) in [7, 11) is -2.66. The van der Waals surface area contributed by atoms with Crippen LogP contribution in [0.25, 0.3) is 0 Å². The minimum atomic E-state index is -4.16. The van der Waals surface area contributed by atoms with Crippen molar-refractivity contribution >= 4 is 16.0 Å². The third-order valence-corrected chi connectivity index (χ3v) is 11.1. The first-order valence-electron chi connectivity index (χ1n) is 16.4. The number of ether oxygens (including phenoxy) is 5. The average Bonchev–Trinajstić information content (AvgIpc) is 3.65. The molecule has 3 aliphatic heterocycles. The third-order valence-electron chi connectivity index (χ3n) is 9.14. The molecule has 2 fully saturated rings. The van der Waals surface area contributed by atoms with Gasteiger partial charge in [0.25, 0.3) is 0 Å². The Bertz CT molecular complexity index is 1440. The van der Waals surface area contributed by atoms with Crippen molar-refractivity contribution in [1.82, 2.24) is 4.31 Å². The summed E-state index contributed by atoms with van der Waals surface area (Å²) in [6, 6.07) is 7.71. The molecule has 0 aliphatic carbocycles. The fourth-order valence-electron chi connectivity index (χ4n) is 6.59. The maximum absolute atomic E-state index is 14.3. The second-order valence-corrected chi connectivity index (χ2v) is 14.5. The van der Waals surface area contributed by atoms with E-state index in [0.717, 1.165) is 50.3 Å². The largest absolute Gasteiger partial charge is 0.497 e. The molecular weight excluding hydrogens is 636 g/mol. The average molecular weight is 682 g/mol. The third kappa shape index (κ3) is 9.48. The van der Waals surface area contributed by atoms with E-state index in [2.05, 4.69) is 0 Å². The van der Waals surface area contributed by atoms with Gasteiger partial charge in [0.15, 0.2) is 6.29 Å². The molecule has 0 unspecified atom stereocenters. The summed E-state index contributed by atoms with van der Waals surface area (Å²) >= 11 is 0. The second kappa shape index (κ2) is 16.6. The molecule has 0 amide bonds. The van der Waals surface area contributed by atoms with Gasteiger partial charge in [-0.3, -0.25) is 4.79 Å². The van der Waals surface area contributed by atoms with Gasteiger partial charge in [0.1, 0.15) is 23.5 Å². The number of carbonyl (C=O) groups excluding carboxylic acids is 1. The highest BCUT2D eigenvalue weighted by Crippen LogP contribution is 2.34. The summed E-state index contributed by atoms with van der Waals surface area (Å²) in [6.45, 7) is 1.06. The number of esters is 1. The van der Waals surface area contributed by atoms with Crippen molar-refractivity contribution in [2.75, 3.05) is 40.0 Å². The van der Waals surface area contributed by atoms with E-state index in [1.165, 1.54) is 17.5 Å². The van der Waals surface area contributed by atoms with Crippen molar-refractivity contribution in [2.24, 2.45) is 11.8 Å². The number of β-amino-alcohol motifs (C(OH)–C–C–N with tert-alkyl or cyclic N) is 1. The Morgan fingerprint density at radius 3 is 2.53 bits per heavy atom. The van der Waals surface area contributed by atoms with E-state index in [0.29, 0.717) is 37.4 Å². The smallest absolute Gasteiger partial charge is 0.306 e. The van der Waals surface area contributed by atoms with Gasteiger partial charge in [-0.25, -0.2) is 17.2 Å². The molecule has 0 saturated carbocycles. The van der Waals surface area contributed by atoms with Crippen LogP contribution in [0.1, 0.15) is 62.5 Å². The van der Waals surface area contributed by atoms with Crippen LogP contribution in [0.15, 0.2) is 41.3 Å². The summed E-state index contributed by atoms with van der Waals surface area (Å²) in [5.74, 6) is -2.73. The van der Waals surface area contributed by atoms with E-state index >= 15 is 0 Å². The molecule has 260 valence electrons.